The first kappa shape index (κ1) is 23.2. The van der Waals surface area contributed by atoms with Crippen LogP contribution < -0.4 is 0 Å². The summed E-state index contributed by atoms with van der Waals surface area (Å²) >= 11 is 0. The van der Waals surface area contributed by atoms with Gasteiger partial charge in [0.05, 0.1) is 6.10 Å². The molecule has 0 aromatic rings. The minimum absolute atomic E-state index is 0.522. The molecular formula is C24H48N2O. The maximum absolute atomic E-state index is 6.37. The molecule has 1 atom stereocenters. The molecule has 3 heteroatoms. The molecular weight excluding hydrogens is 332 g/mol. The first-order chi connectivity index (χ1) is 13.2. The number of nitrogens with zero attached hydrogens (tertiary/aromatic N) is 2. The number of hydrogen-bond donors (Lipinski definition) is 0. The van der Waals surface area contributed by atoms with Crippen LogP contribution >= 0.6 is 0 Å². The molecule has 1 unspecified atom stereocenters. The SMILES string of the molecule is CCCC(CCC)CN1CCC(OCC2CCN(C(C)CCC)CC2)CC1. The summed E-state index contributed by atoms with van der Waals surface area (Å²) in [4.78, 5) is 5.41. The fourth-order valence-electron chi connectivity index (χ4n) is 5.20. The molecule has 0 aliphatic carbocycles. The molecule has 2 aliphatic heterocycles. The number of rotatable bonds is 12. The summed E-state index contributed by atoms with van der Waals surface area (Å²) < 4.78 is 6.37. The first-order valence-electron chi connectivity index (χ1n) is 12.2. The lowest BCUT2D eigenvalue weighted by Crippen LogP contribution is -2.42. The van der Waals surface area contributed by atoms with Crippen molar-refractivity contribution in [3.8, 4) is 0 Å². The predicted octanol–water partition coefficient (Wildman–Crippen LogP) is 5.58. The van der Waals surface area contributed by atoms with E-state index in [-0.39, 0.29) is 0 Å². The summed E-state index contributed by atoms with van der Waals surface area (Å²) in [6, 6.07) is 0.769. The Kier molecular flexibility index (Phi) is 11.3. The van der Waals surface area contributed by atoms with E-state index in [4.69, 9.17) is 4.74 Å². The van der Waals surface area contributed by atoms with E-state index in [2.05, 4.69) is 37.5 Å². The Bertz CT molecular complexity index is 353. The number of likely N-dealkylation sites (tertiary alicyclic amines) is 2. The quantitative estimate of drug-likeness (QED) is 0.439. The van der Waals surface area contributed by atoms with Gasteiger partial charge in [0.2, 0.25) is 0 Å². The van der Waals surface area contributed by atoms with Gasteiger partial charge in [-0.25, -0.2) is 0 Å². The normalized spacial score (nSPS) is 22.6. The lowest BCUT2D eigenvalue weighted by atomic mass is 9.95. The van der Waals surface area contributed by atoms with Gasteiger partial charge in [0.15, 0.2) is 0 Å². The van der Waals surface area contributed by atoms with Crippen molar-refractivity contribution in [1.29, 1.82) is 0 Å². The van der Waals surface area contributed by atoms with Crippen LogP contribution in [-0.4, -0.2) is 61.3 Å². The Morgan fingerprint density at radius 3 is 1.96 bits per heavy atom. The van der Waals surface area contributed by atoms with Crippen molar-refractivity contribution in [3.05, 3.63) is 0 Å². The first-order valence-corrected chi connectivity index (χ1v) is 12.2. The van der Waals surface area contributed by atoms with Crippen LogP contribution in [0, 0.1) is 11.8 Å². The molecule has 0 aromatic carbocycles. The second kappa shape index (κ2) is 13.2. The maximum atomic E-state index is 6.37. The van der Waals surface area contributed by atoms with Crippen molar-refractivity contribution in [3.63, 3.8) is 0 Å². The summed E-state index contributed by atoms with van der Waals surface area (Å²) in [5, 5.41) is 0. The van der Waals surface area contributed by atoms with Gasteiger partial charge in [-0.1, -0.05) is 40.0 Å². The van der Waals surface area contributed by atoms with Crippen LogP contribution in [0.5, 0.6) is 0 Å². The van der Waals surface area contributed by atoms with Crippen LogP contribution in [0.25, 0.3) is 0 Å². The van der Waals surface area contributed by atoms with Gasteiger partial charge in [-0.15, -0.1) is 0 Å². The van der Waals surface area contributed by atoms with E-state index in [0.29, 0.717) is 6.10 Å². The molecule has 2 aliphatic rings. The highest BCUT2D eigenvalue weighted by molar-refractivity contribution is 4.78. The van der Waals surface area contributed by atoms with E-state index in [9.17, 15) is 0 Å². The van der Waals surface area contributed by atoms with Crippen LogP contribution in [0.2, 0.25) is 0 Å². The van der Waals surface area contributed by atoms with Gasteiger partial charge in [0, 0.05) is 32.3 Å². The van der Waals surface area contributed by atoms with Gasteiger partial charge >= 0.3 is 0 Å². The molecule has 0 spiro atoms. The smallest absolute Gasteiger partial charge is 0.0599 e. The van der Waals surface area contributed by atoms with E-state index in [1.807, 2.05) is 0 Å². The van der Waals surface area contributed by atoms with Crippen molar-refractivity contribution in [2.24, 2.45) is 11.8 Å². The third-order valence-corrected chi connectivity index (χ3v) is 6.99. The maximum Gasteiger partial charge on any atom is 0.0599 e. The van der Waals surface area contributed by atoms with Crippen LogP contribution in [0.15, 0.2) is 0 Å². The van der Waals surface area contributed by atoms with E-state index in [1.165, 1.54) is 96.9 Å². The zero-order valence-corrected chi connectivity index (χ0v) is 18.9. The lowest BCUT2D eigenvalue weighted by molar-refractivity contribution is -0.0234. The second-order valence-corrected chi connectivity index (χ2v) is 9.39. The standard InChI is InChI=1S/C24H48N2O/c1-5-8-21(4)26-17-11-23(12-18-26)20-27-24-13-15-25(16-14-24)19-22(9-6-2)10-7-3/h21-24H,5-20H2,1-4H3. The Hall–Kier alpha value is -0.120. The molecule has 0 saturated carbocycles. The van der Waals surface area contributed by atoms with Crippen LogP contribution in [0.4, 0.5) is 0 Å². The summed E-state index contributed by atoms with van der Waals surface area (Å²) in [6.07, 6.45) is 13.8. The molecule has 2 saturated heterocycles. The molecule has 0 radical (unpaired) electrons. The molecule has 2 heterocycles. The Balaban J connectivity index is 1.58. The molecule has 2 fully saturated rings. The third-order valence-electron chi connectivity index (χ3n) is 6.99. The zero-order valence-electron chi connectivity index (χ0n) is 18.9. The van der Waals surface area contributed by atoms with E-state index in [0.717, 1.165) is 24.5 Å². The predicted molar refractivity (Wildman–Crippen MR) is 117 cm³/mol. The van der Waals surface area contributed by atoms with Crippen molar-refractivity contribution >= 4 is 0 Å². The fourth-order valence-corrected chi connectivity index (χ4v) is 5.20. The van der Waals surface area contributed by atoms with Crippen LogP contribution in [0.1, 0.15) is 91.9 Å². The van der Waals surface area contributed by atoms with Gasteiger partial charge in [-0.2, -0.15) is 0 Å². The minimum Gasteiger partial charge on any atom is -0.378 e. The monoisotopic (exact) mass is 380 g/mol. The second-order valence-electron chi connectivity index (χ2n) is 9.39. The highest BCUT2D eigenvalue weighted by Crippen LogP contribution is 2.24. The lowest BCUT2D eigenvalue weighted by Gasteiger charge is -2.37. The third kappa shape index (κ3) is 8.41. The van der Waals surface area contributed by atoms with E-state index in [1.54, 1.807) is 0 Å². The highest BCUT2D eigenvalue weighted by Gasteiger charge is 2.25. The van der Waals surface area contributed by atoms with Gasteiger partial charge in [0.25, 0.3) is 0 Å². The molecule has 0 amide bonds. The average Bonchev–Trinajstić information content (AvgIpc) is 2.68. The Labute approximate surface area is 170 Å². The van der Waals surface area contributed by atoms with Gasteiger partial charge in [-0.05, 0) is 76.8 Å². The molecule has 160 valence electrons. The van der Waals surface area contributed by atoms with Crippen LogP contribution in [0.3, 0.4) is 0 Å². The highest BCUT2D eigenvalue weighted by atomic mass is 16.5. The summed E-state index contributed by atoms with van der Waals surface area (Å²) in [7, 11) is 0. The molecule has 3 nitrogen and oxygen atoms in total. The Morgan fingerprint density at radius 1 is 0.815 bits per heavy atom. The number of ether oxygens (including phenoxy) is 1. The van der Waals surface area contributed by atoms with E-state index >= 15 is 0 Å². The fraction of sp³-hybridized carbons (Fsp3) is 1.00. The Morgan fingerprint density at radius 2 is 1.41 bits per heavy atom. The van der Waals surface area contributed by atoms with Crippen molar-refractivity contribution in [2.75, 3.05) is 39.3 Å². The zero-order chi connectivity index (χ0) is 19.5. The van der Waals surface area contributed by atoms with Crippen LogP contribution in [-0.2, 0) is 4.74 Å². The number of hydrogen-bond acceptors (Lipinski definition) is 3. The van der Waals surface area contributed by atoms with Gasteiger partial charge < -0.3 is 14.5 Å². The summed E-state index contributed by atoms with van der Waals surface area (Å²) in [5.74, 6) is 1.71. The summed E-state index contributed by atoms with van der Waals surface area (Å²) in [5.41, 5.74) is 0. The molecule has 27 heavy (non-hydrogen) atoms. The van der Waals surface area contributed by atoms with Gasteiger partial charge in [0.1, 0.15) is 0 Å². The van der Waals surface area contributed by atoms with Crippen molar-refractivity contribution in [2.45, 2.75) is 104 Å². The van der Waals surface area contributed by atoms with E-state index < -0.39 is 0 Å². The molecule has 0 N–H and O–H groups in total. The molecule has 2 rings (SSSR count). The largest absolute Gasteiger partial charge is 0.378 e. The van der Waals surface area contributed by atoms with Gasteiger partial charge in [-0.3, -0.25) is 0 Å². The number of piperidine rings is 2. The topological polar surface area (TPSA) is 15.7 Å². The average molecular weight is 381 g/mol. The molecule has 0 aromatic heterocycles. The minimum atomic E-state index is 0.522. The van der Waals surface area contributed by atoms with Crippen molar-refractivity contribution < 1.29 is 4.74 Å². The molecule has 0 bridgehead atoms. The summed E-state index contributed by atoms with van der Waals surface area (Å²) in [6.45, 7) is 16.8. The van der Waals surface area contributed by atoms with Crippen molar-refractivity contribution in [1.82, 2.24) is 9.80 Å².